The van der Waals surface area contributed by atoms with Crippen LogP contribution >= 0.6 is 0 Å². The first-order valence-electron chi connectivity index (χ1n) is 6.14. The molecule has 1 aromatic rings. The van der Waals surface area contributed by atoms with Crippen LogP contribution in [0, 0.1) is 33.1 Å². The molecule has 108 valence electrons. The van der Waals surface area contributed by atoms with Crippen molar-refractivity contribution in [3.8, 4) is 0 Å². The second kappa shape index (κ2) is 4.81. The van der Waals surface area contributed by atoms with Gasteiger partial charge in [-0.15, -0.1) is 0 Å². The SMILES string of the molecule is CC1(C)CC1CNC(=O)c1c(F)ccc([N+](=O)[O-])c1F. The summed E-state index contributed by atoms with van der Waals surface area (Å²) in [6.45, 7) is 4.35. The highest BCUT2D eigenvalue weighted by Crippen LogP contribution is 2.51. The molecule has 7 heteroatoms. The van der Waals surface area contributed by atoms with Crippen LogP contribution in [0.1, 0.15) is 30.6 Å². The van der Waals surface area contributed by atoms with Crippen molar-refractivity contribution in [3.05, 3.63) is 39.4 Å². The Morgan fingerprint density at radius 1 is 1.50 bits per heavy atom. The van der Waals surface area contributed by atoms with Crippen molar-refractivity contribution in [1.29, 1.82) is 0 Å². The lowest BCUT2D eigenvalue weighted by Gasteiger charge is -2.08. The van der Waals surface area contributed by atoms with Gasteiger partial charge in [-0.1, -0.05) is 13.8 Å². The second-order valence-corrected chi connectivity index (χ2v) is 5.61. The van der Waals surface area contributed by atoms with Crippen LogP contribution in [0.2, 0.25) is 0 Å². The van der Waals surface area contributed by atoms with Gasteiger partial charge in [0.05, 0.1) is 4.92 Å². The number of halogens is 2. The molecule has 0 aromatic heterocycles. The Bertz CT molecular complexity index is 587. The zero-order chi connectivity index (χ0) is 15.1. The van der Waals surface area contributed by atoms with Crippen molar-refractivity contribution < 1.29 is 18.5 Å². The third kappa shape index (κ3) is 2.61. The number of amides is 1. The number of benzene rings is 1. The number of nitrogens with one attached hydrogen (secondary N) is 1. The third-order valence-corrected chi connectivity index (χ3v) is 3.72. The normalized spacial score (nSPS) is 19.5. The highest BCUT2D eigenvalue weighted by molar-refractivity contribution is 5.95. The standard InChI is InChI=1S/C13H14F2N2O3/c1-13(2)5-7(13)6-16-12(18)10-8(14)3-4-9(11(10)15)17(19)20/h3-4,7H,5-6H2,1-2H3,(H,16,18). The Morgan fingerprint density at radius 2 is 2.10 bits per heavy atom. The quantitative estimate of drug-likeness (QED) is 0.682. The number of nitro benzene ring substituents is 1. The van der Waals surface area contributed by atoms with Crippen molar-refractivity contribution in [2.45, 2.75) is 20.3 Å². The molecule has 1 atom stereocenters. The molecule has 1 aliphatic carbocycles. The fraction of sp³-hybridized carbons (Fsp3) is 0.462. The maximum Gasteiger partial charge on any atom is 0.305 e. The number of nitrogens with zero attached hydrogens (tertiary/aromatic N) is 1. The summed E-state index contributed by atoms with van der Waals surface area (Å²) in [5.41, 5.74) is -1.70. The molecule has 5 nitrogen and oxygen atoms in total. The van der Waals surface area contributed by atoms with Crippen LogP contribution in [0.5, 0.6) is 0 Å². The summed E-state index contributed by atoms with van der Waals surface area (Å²) < 4.78 is 27.3. The molecule has 0 saturated heterocycles. The van der Waals surface area contributed by atoms with Gasteiger partial charge in [0.1, 0.15) is 11.4 Å². The smallest absolute Gasteiger partial charge is 0.305 e. The van der Waals surface area contributed by atoms with Crippen LogP contribution < -0.4 is 5.32 Å². The zero-order valence-electron chi connectivity index (χ0n) is 11.1. The van der Waals surface area contributed by atoms with Gasteiger partial charge in [-0.2, -0.15) is 4.39 Å². The zero-order valence-corrected chi connectivity index (χ0v) is 11.1. The summed E-state index contributed by atoms with van der Waals surface area (Å²) in [5.74, 6) is -3.26. The van der Waals surface area contributed by atoms with Crippen molar-refractivity contribution in [2.75, 3.05) is 6.54 Å². The lowest BCUT2D eigenvalue weighted by Crippen LogP contribution is -2.28. The summed E-state index contributed by atoms with van der Waals surface area (Å²) in [7, 11) is 0. The van der Waals surface area contributed by atoms with E-state index in [1.54, 1.807) is 0 Å². The number of hydrogen-bond donors (Lipinski definition) is 1. The van der Waals surface area contributed by atoms with E-state index in [-0.39, 0.29) is 11.3 Å². The highest BCUT2D eigenvalue weighted by atomic mass is 19.1. The maximum atomic E-state index is 13.8. The third-order valence-electron chi connectivity index (χ3n) is 3.72. The average molecular weight is 284 g/mol. The predicted molar refractivity (Wildman–Crippen MR) is 67.2 cm³/mol. The van der Waals surface area contributed by atoms with Gasteiger partial charge in [0.15, 0.2) is 0 Å². The molecule has 1 amide bonds. The van der Waals surface area contributed by atoms with E-state index >= 15 is 0 Å². The molecule has 1 saturated carbocycles. The highest BCUT2D eigenvalue weighted by Gasteiger charge is 2.45. The Labute approximate surface area is 114 Å². The van der Waals surface area contributed by atoms with Crippen LogP contribution in [-0.2, 0) is 0 Å². The molecule has 0 bridgehead atoms. The topological polar surface area (TPSA) is 72.2 Å². The van der Waals surface area contributed by atoms with Gasteiger partial charge in [0.25, 0.3) is 5.91 Å². The van der Waals surface area contributed by atoms with Gasteiger partial charge in [-0.3, -0.25) is 14.9 Å². The molecule has 1 unspecified atom stereocenters. The van der Waals surface area contributed by atoms with Crippen LogP contribution in [0.15, 0.2) is 12.1 Å². The number of rotatable bonds is 4. The van der Waals surface area contributed by atoms with Gasteiger partial charge in [-0.25, -0.2) is 4.39 Å². The van der Waals surface area contributed by atoms with Crippen molar-refractivity contribution in [1.82, 2.24) is 5.32 Å². The van der Waals surface area contributed by atoms with Crippen molar-refractivity contribution >= 4 is 11.6 Å². The largest absolute Gasteiger partial charge is 0.352 e. The molecule has 0 radical (unpaired) electrons. The lowest BCUT2D eigenvalue weighted by atomic mass is 10.1. The average Bonchev–Trinajstić information content (AvgIpc) is 2.94. The van der Waals surface area contributed by atoms with Crippen LogP contribution in [0.25, 0.3) is 0 Å². The monoisotopic (exact) mass is 284 g/mol. The first-order chi connectivity index (χ1) is 9.24. The van der Waals surface area contributed by atoms with Crippen molar-refractivity contribution in [2.24, 2.45) is 11.3 Å². The van der Waals surface area contributed by atoms with E-state index in [0.29, 0.717) is 12.6 Å². The van der Waals surface area contributed by atoms with Gasteiger partial charge in [-0.05, 0) is 23.8 Å². The Kier molecular flexibility index (Phi) is 3.45. The fourth-order valence-electron chi connectivity index (χ4n) is 2.12. The molecule has 2 rings (SSSR count). The second-order valence-electron chi connectivity index (χ2n) is 5.61. The van der Waals surface area contributed by atoms with Gasteiger partial charge >= 0.3 is 5.69 Å². The van der Waals surface area contributed by atoms with E-state index in [0.717, 1.165) is 12.5 Å². The van der Waals surface area contributed by atoms with Crippen molar-refractivity contribution in [3.63, 3.8) is 0 Å². The van der Waals surface area contributed by atoms with E-state index in [9.17, 15) is 23.7 Å². The van der Waals surface area contributed by atoms with Crippen LogP contribution in [0.3, 0.4) is 0 Å². The molecular formula is C13H14F2N2O3. The van der Waals surface area contributed by atoms with E-state index in [2.05, 4.69) is 5.32 Å². The van der Waals surface area contributed by atoms with Gasteiger partial charge < -0.3 is 5.32 Å². The summed E-state index contributed by atoms with van der Waals surface area (Å²) >= 11 is 0. The Hall–Kier alpha value is -2.05. The summed E-state index contributed by atoms with van der Waals surface area (Å²) in [6, 6.07) is 1.42. The summed E-state index contributed by atoms with van der Waals surface area (Å²) in [5, 5.41) is 13.0. The minimum atomic E-state index is -1.44. The Morgan fingerprint density at radius 3 is 2.60 bits per heavy atom. The molecule has 1 fully saturated rings. The number of nitro groups is 1. The summed E-state index contributed by atoms with van der Waals surface area (Å²) in [4.78, 5) is 21.4. The minimum absolute atomic E-state index is 0.118. The molecule has 1 aliphatic rings. The lowest BCUT2D eigenvalue weighted by molar-refractivity contribution is -0.387. The van der Waals surface area contributed by atoms with E-state index in [1.807, 2.05) is 13.8 Å². The number of hydrogen-bond acceptors (Lipinski definition) is 3. The first kappa shape index (κ1) is 14.4. The maximum absolute atomic E-state index is 13.8. The summed E-state index contributed by atoms with van der Waals surface area (Å²) in [6.07, 6.45) is 0.924. The van der Waals surface area contributed by atoms with E-state index in [4.69, 9.17) is 0 Å². The first-order valence-corrected chi connectivity index (χ1v) is 6.14. The molecule has 1 N–H and O–H groups in total. The number of carbonyl (C=O) groups excluding carboxylic acids is 1. The molecule has 20 heavy (non-hydrogen) atoms. The molecule has 1 aromatic carbocycles. The molecular weight excluding hydrogens is 270 g/mol. The fourth-order valence-corrected chi connectivity index (χ4v) is 2.12. The molecule has 0 aliphatic heterocycles. The van der Waals surface area contributed by atoms with E-state index < -0.39 is 33.7 Å². The predicted octanol–water partition coefficient (Wildman–Crippen LogP) is 2.65. The Balaban J connectivity index is 2.17. The minimum Gasteiger partial charge on any atom is -0.352 e. The molecule has 0 spiro atoms. The van der Waals surface area contributed by atoms with Gasteiger partial charge in [0, 0.05) is 12.6 Å². The van der Waals surface area contributed by atoms with Crippen LogP contribution in [-0.4, -0.2) is 17.4 Å². The van der Waals surface area contributed by atoms with Gasteiger partial charge in [0.2, 0.25) is 5.82 Å². The number of carbonyl (C=O) groups is 1. The van der Waals surface area contributed by atoms with Crippen LogP contribution in [0.4, 0.5) is 14.5 Å². The molecule has 0 heterocycles. The van der Waals surface area contributed by atoms with E-state index in [1.165, 1.54) is 0 Å².